The summed E-state index contributed by atoms with van der Waals surface area (Å²) in [6.45, 7) is 5.77. The highest BCUT2D eigenvalue weighted by molar-refractivity contribution is 5.42. The molecular formula is C26H28N2. The Hall–Kier alpha value is -2.42. The number of nitrogens with zero attached hydrogens (tertiary/aromatic N) is 2. The number of hydrogen-bond donors (Lipinski definition) is 0. The van der Waals surface area contributed by atoms with Gasteiger partial charge in [-0.3, -0.25) is 9.80 Å². The maximum absolute atomic E-state index is 2.72. The third kappa shape index (κ3) is 3.50. The summed E-state index contributed by atoms with van der Waals surface area (Å²) in [6.07, 6.45) is 1.14. The van der Waals surface area contributed by atoms with Crippen LogP contribution in [0.5, 0.6) is 0 Å². The molecule has 0 bridgehead atoms. The van der Waals surface area contributed by atoms with Crippen LogP contribution < -0.4 is 0 Å². The summed E-state index contributed by atoms with van der Waals surface area (Å²) in [7, 11) is 0. The van der Waals surface area contributed by atoms with Crippen molar-refractivity contribution in [2.24, 2.45) is 0 Å². The van der Waals surface area contributed by atoms with E-state index in [0.717, 1.165) is 32.6 Å². The standard InChI is InChI=1S/C26H28N2/c1-3-9-21(10-4-1)15-16-27-17-18-28-19-25(22-11-5-2-6-12-22)23-13-7-8-14-24(23)26(28)20-27/h1-14,25-26H,15-20H2/t25-,26+/m0/s1. The SMILES string of the molecule is c1ccc(CCN2CCN3C[C@@H](c4ccccc4)c4ccccc4[C@H]3C2)cc1. The molecule has 2 nitrogen and oxygen atoms in total. The molecule has 3 aromatic rings. The minimum absolute atomic E-state index is 0.490. The first kappa shape index (κ1) is 17.7. The second-order valence-corrected chi connectivity index (χ2v) is 8.14. The molecule has 28 heavy (non-hydrogen) atoms. The van der Waals surface area contributed by atoms with Crippen LogP contribution >= 0.6 is 0 Å². The molecule has 0 N–H and O–H groups in total. The lowest BCUT2D eigenvalue weighted by molar-refractivity contribution is 0.0633. The van der Waals surface area contributed by atoms with Crippen LogP contribution in [0.15, 0.2) is 84.9 Å². The van der Waals surface area contributed by atoms with E-state index in [2.05, 4.69) is 94.7 Å². The quantitative estimate of drug-likeness (QED) is 0.657. The normalized spacial score (nSPS) is 22.4. The molecule has 0 radical (unpaired) electrons. The van der Waals surface area contributed by atoms with E-state index >= 15 is 0 Å². The van der Waals surface area contributed by atoms with Crippen LogP contribution in [0.1, 0.15) is 34.2 Å². The van der Waals surface area contributed by atoms with Crippen molar-refractivity contribution < 1.29 is 0 Å². The van der Waals surface area contributed by atoms with E-state index in [1.807, 2.05) is 0 Å². The highest BCUT2D eigenvalue weighted by atomic mass is 15.3. The van der Waals surface area contributed by atoms with Gasteiger partial charge in [0.05, 0.1) is 0 Å². The van der Waals surface area contributed by atoms with E-state index in [1.165, 1.54) is 28.8 Å². The molecular weight excluding hydrogens is 340 g/mol. The molecule has 2 atom stereocenters. The minimum atomic E-state index is 0.490. The molecule has 0 amide bonds. The molecule has 0 spiro atoms. The monoisotopic (exact) mass is 368 g/mol. The molecule has 2 heterocycles. The Bertz CT molecular complexity index is 906. The summed E-state index contributed by atoms with van der Waals surface area (Å²) in [5, 5.41) is 0. The first-order valence-corrected chi connectivity index (χ1v) is 10.5. The Morgan fingerprint density at radius 1 is 0.679 bits per heavy atom. The van der Waals surface area contributed by atoms with Crippen LogP contribution in [-0.2, 0) is 6.42 Å². The lowest BCUT2D eigenvalue weighted by Crippen LogP contribution is -2.52. The van der Waals surface area contributed by atoms with Crippen LogP contribution in [0, 0.1) is 0 Å². The summed E-state index contributed by atoms with van der Waals surface area (Å²) < 4.78 is 0. The van der Waals surface area contributed by atoms with Crippen molar-refractivity contribution in [1.82, 2.24) is 9.80 Å². The molecule has 0 aliphatic carbocycles. The summed E-state index contributed by atoms with van der Waals surface area (Å²) in [5.74, 6) is 0.490. The van der Waals surface area contributed by atoms with Gasteiger partial charge in [0.25, 0.3) is 0 Å². The minimum Gasteiger partial charge on any atom is -0.300 e. The highest BCUT2D eigenvalue weighted by Crippen LogP contribution is 2.40. The smallest absolute Gasteiger partial charge is 0.0479 e. The fraction of sp³-hybridized carbons (Fsp3) is 0.308. The predicted octanol–water partition coefficient (Wildman–Crippen LogP) is 4.73. The highest BCUT2D eigenvalue weighted by Gasteiger charge is 2.36. The Labute approximate surface area is 168 Å². The second-order valence-electron chi connectivity index (χ2n) is 8.14. The molecule has 0 aromatic heterocycles. The van der Waals surface area contributed by atoms with Gasteiger partial charge in [-0.15, -0.1) is 0 Å². The zero-order valence-corrected chi connectivity index (χ0v) is 16.4. The molecule has 2 aliphatic rings. The van der Waals surface area contributed by atoms with Gasteiger partial charge in [0.15, 0.2) is 0 Å². The van der Waals surface area contributed by atoms with Gasteiger partial charge in [0, 0.05) is 44.7 Å². The van der Waals surface area contributed by atoms with Gasteiger partial charge in [-0.2, -0.15) is 0 Å². The maximum atomic E-state index is 2.72. The Morgan fingerprint density at radius 2 is 1.36 bits per heavy atom. The number of hydrogen-bond acceptors (Lipinski definition) is 2. The zero-order chi connectivity index (χ0) is 18.8. The maximum Gasteiger partial charge on any atom is 0.0479 e. The van der Waals surface area contributed by atoms with Crippen LogP contribution in [0.2, 0.25) is 0 Å². The van der Waals surface area contributed by atoms with Crippen molar-refractivity contribution >= 4 is 0 Å². The van der Waals surface area contributed by atoms with E-state index in [9.17, 15) is 0 Å². The van der Waals surface area contributed by atoms with Crippen molar-refractivity contribution in [3.8, 4) is 0 Å². The fourth-order valence-electron chi connectivity index (χ4n) is 4.96. The first-order valence-electron chi connectivity index (χ1n) is 10.5. The fourth-order valence-corrected chi connectivity index (χ4v) is 4.96. The molecule has 1 fully saturated rings. The second kappa shape index (κ2) is 7.90. The lowest BCUT2D eigenvalue weighted by Gasteiger charge is -2.47. The zero-order valence-electron chi connectivity index (χ0n) is 16.4. The molecule has 142 valence electrons. The number of rotatable bonds is 4. The van der Waals surface area contributed by atoms with E-state index in [-0.39, 0.29) is 0 Å². The van der Waals surface area contributed by atoms with Crippen LogP contribution in [-0.4, -0.2) is 42.5 Å². The Kier molecular flexibility index (Phi) is 4.99. The van der Waals surface area contributed by atoms with Gasteiger partial charge in [-0.1, -0.05) is 84.9 Å². The molecule has 5 rings (SSSR count). The molecule has 2 heteroatoms. The molecule has 0 unspecified atom stereocenters. The third-order valence-electron chi connectivity index (χ3n) is 6.48. The van der Waals surface area contributed by atoms with Gasteiger partial charge in [-0.05, 0) is 28.7 Å². The van der Waals surface area contributed by atoms with Gasteiger partial charge in [0.1, 0.15) is 0 Å². The predicted molar refractivity (Wildman–Crippen MR) is 116 cm³/mol. The van der Waals surface area contributed by atoms with E-state index < -0.39 is 0 Å². The van der Waals surface area contributed by atoms with Crippen LogP contribution in [0.25, 0.3) is 0 Å². The van der Waals surface area contributed by atoms with Crippen molar-refractivity contribution in [1.29, 1.82) is 0 Å². The largest absolute Gasteiger partial charge is 0.300 e. The van der Waals surface area contributed by atoms with Gasteiger partial charge in [0.2, 0.25) is 0 Å². The summed E-state index contributed by atoms with van der Waals surface area (Å²) in [6, 6.07) is 31.6. The van der Waals surface area contributed by atoms with Crippen molar-refractivity contribution in [3.63, 3.8) is 0 Å². The van der Waals surface area contributed by atoms with E-state index in [1.54, 1.807) is 0 Å². The first-order chi connectivity index (χ1) is 13.9. The molecule has 3 aromatic carbocycles. The van der Waals surface area contributed by atoms with E-state index in [0.29, 0.717) is 12.0 Å². The number of fused-ring (bicyclic) bond motifs is 3. The third-order valence-corrected chi connectivity index (χ3v) is 6.48. The summed E-state index contributed by atoms with van der Waals surface area (Å²) in [4.78, 5) is 5.38. The van der Waals surface area contributed by atoms with Crippen molar-refractivity contribution in [3.05, 3.63) is 107 Å². The molecule has 1 saturated heterocycles. The van der Waals surface area contributed by atoms with Gasteiger partial charge in [-0.25, -0.2) is 0 Å². The topological polar surface area (TPSA) is 6.48 Å². The number of benzene rings is 3. The van der Waals surface area contributed by atoms with E-state index in [4.69, 9.17) is 0 Å². The van der Waals surface area contributed by atoms with Gasteiger partial charge < -0.3 is 0 Å². The van der Waals surface area contributed by atoms with Crippen LogP contribution in [0.3, 0.4) is 0 Å². The average Bonchev–Trinajstić information content (AvgIpc) is 2.78. The summed E-state index contributed by atoms with van der Waals surface area (Å²) >= 11 is 0. The van der Waals surface area contributed by atoms with Crippen LogP contribution in [0.4, 0.5) is 0 Å². The average molecular weight is 369 g/mol. The number of piperazine rings is 1. The Morgan fingerprint density at radius 3 is 2.14 bits per heavy atom. The lowest BCUT2D eigenvalue weighted by atomic mass is 9.80. The Balaban J connectivity index is 1.36. The molecule has 0 saturated carbocycles. The molecule has 2 aliphatic heterocycles. The summed E-state index contributed by atoms with van der Waals surface area (Å²) in [5.41, 5.74) is 5.95. The van der Waals surface area contributed by atoms with Gasteiger partial charge >= 0.3 is 0 Å². The van der Waals surface area contributed by atoms with Crippen molar-refractivity contribution in [2.75, 3.05) is 32.7 Å². The van der Waals surface area contributed by atoms with Crippen molar-refractivity contribution in [2.45, 2.75) is 18.4 Å².